The van der Waals surface area contributed by atoms with Gasteiger partial charge in [0, 0.05) is 50.5 Å². The third kappa shape index (κ3) is 3.95. The number of piperazine rings is 1. The number of nitrogens with zero attached hydrogens (tertiary/aromatic N) is 3. The maximum Gasteiger partial charge on any atom is 0.254 e. The second-order valence-electron chi connectivity index (χ2n) is 5.56. The van der Waals surface area contributed by atoms with E-state index in [-0.39, 0.29) is 5.91 Å². The summed E-state index contributed by atoms with van der Waals surface area (Å²) >= 11 is 0. The molecule has 0 unspecified atom stereocenters. The molecule has 1 aromatic rings. The fourth-order valence-corrected chi connectivity index (χ4v) is 2.37. The van der Waals surface area contributed by atoms with E-state index >= 15 is 0 Å². The molecule has 2 N–H and O–H groups in total. The van der Waals surface area contributed by atoms with E-state index in [9.17, 15) is 4.79 Å². The normalized spacial score (nSPS) is 16.6. The van der Waals surface area contributed by atoms with Gasteiger partial charge in [0.25, 0.3) is 5.91 Å². The number of carbonyl (C=O) groups excluding carboxylic acids is 1. The molecule has 0 bridgehead atoms. The molecule has 0 aromatic heterocycles. The number of nitrogen functional groups attached to an aromatic ring is 1. The lowest BCUT2D eigenvalue weighted by Gasteiger charge is -2.35. The number of nitrogens with two attached hydrogens (primary N) is 1. The molecule has 5 nitrogen and oxygen atoms in total. The second-order valence-corrected chi connectivity index (χ2v) is 5.56. The van der Waals surface area contributed by atoms with Crippen LogP contribution in [0.5, 0.6) is 0 Å². The van der Waals surface area contributed by atoms with Gasteiger partial charge in [-0.2, -0.15) is 0 Å². The topological polar surface area (TPSA) is 52.8 Å². The van der Waals surface area contributed by atoms with E-state index in [1.165, 1.54) is 0 Å². The monoisotopic (exact) mass is 276 g/mol. The molecule has 110 valence electrons. The van der Waals surface area contributed by atoms with Crippen LogP contribution in [-0.2, 0) is 0 Å². The van der Waals surface area contributed by atoms with Gasteiger partial charge in [-0.3, -0.25) is 9.69 Å². The highest BCUT2D eigenvalue weighted by Crippen LogP contribution is 2.11. The Kier molecular flexibility index (Phi) is 4.98. The summed E-state index contributed by atoms with van der Waals surface area (Å²) in [5, 5.41) is 0. The molecule has 0 atom stereocenters. The predicted octanol–water partition coefficient (Wildman–Crippen LogP) is 0.588. The summed E-state index contributed by atoms with van der Waals surface area (Å²) in [4.78, 5) is 18.9. The molecule has 0 saturated carbocycles. The van der Waals surface area contributed by atoms with Gasteiger partial charge in [-0.25, -0.2) is 0 Å². The zero-order valence-corrected chi connectivity index (χ0v) is 12.4. The summed E-state index contributed by atoms with van der Waals surface area (Å²) in [6.45, 7) is 5.60. The van der Waals surface area contributed by atoms with Crippen molar-refractivity contribution in [1.29, 1.82) is 0 Å². The van der Waals surface area contributed by atoms with Gasteiger partial charge in [-0.05, 0) is 32.3 Å². The van der Waals surface area contributed by atoms with Gasteiger partial charge in [-0.1, -0.05) is 6.07 Å². The van der Waals surface area contributed by atoms with Crippen molar-refractivity contribution in [3.05, 3.63) is 29.8 Å². The van der Waals surface area contributed by atoms with Crippen LogP contribution in [0, 0.1) is 0 Å². The van der Waals surface area contributed by atoms with Gasteiger partial charge >= 0.3 is 0 Å². The summed E-state index contributed by atoms with van der Waals surface area (Å²) in [5.74, 6) is 0.0876. The Morgan fingerprint density at radius 1 is 1.25 bits per heavy atom. The molecular weight excluding hydrogens is 252 g/mol. The van der Waals surface area contributed by atoms with Gasteiger partial charge in [-0.15, -0.1) is 0 Å². The highest BCUT2D eigenvalue weighted by molar-refractivity contribution is 5.95. The fraction of sp³-hybridized carbons (Fsp3) is 0.533. The second kappa shape index (κ2) is 6.72. The van der Waals surface area contributed by atoms with E-state index in [1.807, 2.05) is 17.0 Å². The first-order valence-corrected chi connectivity index (χ1v) is 7.08. The molecule has 0 spiro atoms. The number of amides is 1. The van der Waals surface area contributed by atoms with E-state index < -0.39 is 0 Å². The Bertz CT molecular complexity index is 453. The lowest BCUT2D eigenvalue weighted by molar-refractivity contribution is 0.0630. The Hall–Kier alpha value is -1.59. The number of rotatable bonds is 4. The molecule has 1 heterocycles. The number of benzene rings is 1. The molecule has 1 saturated heterocycles. The predicted molar refractivity (Wildman–Crippen MR) is 81.8 cm³/mol. The van der Waals surface area contributed by atoms with Crippen LogP contribution in [0.25, 0.3) is 0 Å². The first-order chi connectivity index (χ1) is 9.56. The van der Waals surface area contributed by atoms with E-state index in [2.05, 4.69) is 23.9 Å². The maximum atomic E-state index is 12.4. The van der Waals surface area contributed by atoms with Crippen molar-refractivity contribution < 1.29 is 4.79 Å². The van der Waals surface area contributed by atoms with Crippen molar-refractivity contribution in [3.63, 3.8) is 0 Å². The van der Waals surface area contributed by atoms with E-state index in [0.29, 0.717) is 11.3 Å². The van der Waals surface area contributed by atoms with E-state index in [4.69, 9.17) is 5.73 Å². The maximum absolute atomic E-state index is 12.4. The third-order valence-electron chi connectivity index (χ3n) is 3.66. The van der Waals surface area contributed by atoms with Crippen molar-refractivity contribution in [3.8, 4) is 0 Å². The molecule has 1 aliphatic rings. The van der Waals surface area contributed by atoms with E-state index in [0.717, 1.165) is 39.3 Å². The van der Waals surface area contributed by atoms with Crippen LogP contribution in [0.2, 0.25) is 0 Å². The first-order valence-electron chi connectivity index (χ1n) is 7.08. The zero-order valence-electron chi connectivity index (χ0n) is 12.4. The minimum Gasteiger partial charge on any atom is -0.399 e. The third-order valence-corrected chi connectivity index (χ3v) is 3.66. The van der Waals surface area contributed by atoms with Gasteiger partial charge < -0.3 is 15.5 Å². The van der Waals surface area contributed by atoms with Crippen LogP contribution < -0.4 is 5.73 Å². The van der Waals surface area contributed by atoms with Crippen molar-refractivity contribution in [2.45, 2.75) is 0 Å². The highest BCUT2D eigenvalue weighted by atomic mass is 16.2. The smallest absolute Gasteiger partial charge is 0.254 e. The summed E-state index contributed by atoms with van der Waals surface area (Å²) in [6, 6.07) is 7.21. The SMILES string of the molecule is CN(C)CCN1CCN(C(=O)c2cccc(N)c2)CC1. The summed E-state index contributed by atoms with van der Waals surface area (Å²) in [6.07, 6.45) is 0. The summed E-state index contributed by atoms with van der Waals surface area (Å²) < 4.78 is 0. The van der Waals surface area contributed by atoms with Crippen molar-refractivity contribution >= 4 is 11.6 Å². The molecule has 0 aliphatic carbocycles. The molecule has 20 heavy (non-hydrogen) atoms. The van der Waals surface area contributed by atoms with Gasteiger partial charge in [0.05, 0.1) is 0 Å². The van der Waals surface area contributed by atoms with E-state index in [1.54, 1.807) is 12.1 Å². The number of likely N-dealkylation sites (N-methyl/N-ethyl adjacent to an activating group) is 1. The Morgan fingerprint density at radius 3 is 2.55 bits per heavy atom. The Balaban J connectivity index is 1.86. The molecule has 1 aliphatic heterocycles. The quantitative estimate of drug-likeness (QED) is 0.818. The minimum absolute atomic E-state index is 0.0876. The minimum atomic E-state index is 0.0876. The van der Waals surface area contributed by atoms with Crippen molar-refractivity contribution in [2.75, 3.05) is 59.1 Å². The van der Waals surface area contributed by atoms with Crippen LogP contribution in [0.3, 0.4) is 0 Å². The highest BCUT2D eigenvalue weighted by Gasteiger charge is 2.21. The number of hydrogen-bond acceptors (Lipinski definition) is 4. The fourth-order valence-electron chi connectivity index (χ4n) is 2.37. The number of anilines is 1. The molecule has 1 aromatic carbocycles. The van der Waals surface area contributed by atoms with Crippen molar-refractivity contribution in [2.24, 2.45) is 0 Å². The van der Waals surface area contributed by atoms with Crippen molar-refractivity contribution in [1.82, 2.24) is 14.7 Å². The lowest BCUT2D eigenvalue weighted by atomic mass is 10.1. The Labute approximate surface area is 120 Å². The lowest BCUT2D eigenvalue weighted by Crippen LogP contribution is -2.49. The largest absolute Gasteiger partial charge is 0.399 e. The van der Waals surface area contributed by atoms with Crippen LogP contribution in [0.4, 0.5) is 5.69 Å². The standard InChI is InChI=1S/C15H24N4O/c1-17(2)6-7-18-8-10-19(11-9-18)15(20)13-4-3-5-14(16)12-13/h3-5,12H,6-11,16H2,1-2H3. The average molecular weight is 276 g/mol. The van der Waals surface area contributed by atoms with Crippen LogP contribution in [-0.4, -0.2) is 74.0 Å². The number of hydrogen-bond donors (Lipinski definition) is 1. The summed E-state index contributed by atoms with van der Waals surface area (Å²) in [5.41, 5.74) is 7.06. The van der Waals surface area contributed by atoms with Crippen LogP contribution in [0.1, 0.15) is 10.4 Å². The van der Waals surface area contributed by atoms with Gasteiger partial charge in [0.1, 0.15) is 0 Å². The molecule has 1 fully saturated rings. The zero-order chi connectivity index (χ0) is 14.5. The molecule has 5 heteroatoms. The number of carbonyl (C=O) groups is 1. The van der Waals surface area contributed by atoms with Gasteiger partial charge in [0.15, 0.2) is 0 Å². The Morgan fingerprint density at radius 2 is 1.95 bits per heavy atom. The summed E-state index contributed by atoms with van der Waals surface area (Å²) in [7, 11) is 4.17. The molecule has 0 radical (unpaired) electrons. The average Bonchev–Trinajstić information content (AvgIpc) is 2.45. The molecule has 1 amide bonds. The first kappa shape index (κ1) is 14.8. The molecular formula is C15H24N4O. The van der Waals surface area contributed by atoms with Gasteiger partial charge in [0.2, 0.25) is 0 Å². The van der Waals surface area contributed by atoms with Crippen LogP contribution >= 0.6 is 0 Å². The molecule has 2 rings (SSSR count). The van der Waals surface area contributed by atoms with Crippen LogP contribution in [0.15, 0.2) is 24.3 Å².